The molecule has 0 radical (unpaired) electrons. The van der Waals surface area contributed by atoms with Crippen molar-refractivity contribution in [1.29, 1.82) is 0 Å². The van der Waals surface area contributed by atoms with Gasteiger partial charge in [-0.1, -0.05) is 30.2 Å². The number of nitrogens with zero attached hydrogens (tertiary/aromatic N) is 2. The van der Waals surface area contributed by atoms with Crippen LogP contribution >= 0.6 is 0 Å². The molecule has 2 aliphatic heterocycles. The predicted molar refractivity (Wildman–Crippen MR) is 114 cm³/mol. The summed E-state index contributed by atoms with van der Waals surface area (Å²) in [6, 6.07) is 15.0. The predicted octanol–water partition coefficient (Wildman–Crippen LogP) is 4.55. The average molecular weight is 389 g/mol. The lowest BCUT2D eigenvalue weighted by atomic mass is 9.82. The summed E-state index contributed by atoms with van der Waals surface area (Å²) in [4.78, 5) is 20.3. The number of amides is 1. The highest BCUT2D eigenvalue weighted by atomic mass is 16.3. The number of piperidine rings is 2. The molecular formula is C24H27N3O2. The Bertz CT molecular complexity index is 1030. The Morgan fingerprint density at radius 3 is 2.55 bits per heavy atom. The molecule has 5 nitrogen and oxygen atoms in total. The van der Waals surface area contributed by atoms with E-state index in [1.54, 1.807) is 0 Å². The van der Waals surface area contributed by atoms with Gasteiger partial charge in [0.25, 0.3) is 5.91 Å². The Kier molecular flexibility index (Phi) is 4.63. The second kappa shape index (κ2) is 7.30. The number of carbonyl (C=O) groups excluding carboxylic acids is 1. The average Bonchev–Trinajstić information content (AvgIpc) is 3.13. The number of fused-ring (bicyclic) bond motifs is 3. The third-order valence-corrected chi connectivity index (χ3v) is 6.64. The van der Waals surface area contributed by atoms with Crippen LogP contribution in [-0.2, 0) is 0 Å². The van der Waals surface area contributed by atoms with Crippen molar-refractivity contribution in [2.45, 2.75) is 57.2 Å². The minimum Gasteiger partial charge on any atom is -0.436 e. The maximum atomic E-state index is 13.1. The minimum atomic E-state index is -0.0491. The number of hydrogen-bond donors (Lipinski definition) is 1. The Balaban J connectivity index is 1.39. The van der Waals surface area contributed by atoms with Crippen molar-refractivity contribution in [2.75, 3.05) is 7.05 Å². The van der Waals surface area contributed by atoms with E-state index in [9.17, 15) is 4.79 Å². The lowest BCUT2D eigenvalue weighted by molar-refractivity contribution is 0.0463. The van der Waals surface area contributed by atoms with Crippen LogP contribution in [-0.4, -0.2) is 41.0 Å². The number of aryl methyl sites for hydroxylation is 1. The highest BCUT2D eigenvalue weighted by molar-refractivity contribution is 6.05. The van der Waals surface area contributed by atoms with Gasteiger partial charge in [0.2, 0.25) is 5.89 Å². The second-order valence-corrected chi connectivity index (χ2v) is 8.58. The second-order valence-electron chi connectivity index (χ2n) is 8.58. The van der Waals surface area contributed by atoms with Crippen LogP contribution in [0.5, 0.6) is 0 Å². The van der Waals surface area contributed by atoms with Gasteiger partial charge < -0.3 is 14.6 Å². The Morgan fingerprint density at radius 1 is 1.10 bits per heavy atom. The fraction of sp³-hybridized carbons (Fsp3) is 0.417. The number of benzene rings is 2. The summed E-state index contributed by atoms with van der Waals surface area (Å²) in [6.07, 6.45) is 5.83. The standard InChI is InChI=1S/C24H27N3O2/c1-15-9-11-16(12-10-15)24-26-22-20(7-4-8-21(22)29-24)23(28)25-17-13-18-5-3-6-19(14-17)27(18)2/h4,7-12,17-19H,3,5-6,13-14H2,1-2H3,(H,25,28). The first kappa shape index (κ1) is 18.4. The number of aromatic nitrogens is 1. The number of rotatable bonds is 3. The van der Waals surface area contributed by atoms with Crippen LogP contribution < -0.4 is 5.32 Å². The molecule has 0 spiro atoms. The van der Waals surface area contributed by atoms with Gasteiger partial charge >= 0.3 is 0 Å². The molecular weight excluding hydrogens is 362 g/mol. The molecule has 3 aromatic rings. The van der Waals surface area contributed by atoms with Crippen molar-refractivity contribution in [3.63, 3.8) is 0 Å². The molecule has 29 heavy (non-hydrogen) atoms. The van der Waals surface area contributed by atoms with Crippen LogP contribution in [0.15, 0.2) is 46.9 Å². The minimum absolute atomic E-state index is 0.0491. The number of para-hydroxylation sites is 1. The third kappa shape index (κ3) is 3.44. The summed E-state index contributed by atoms with van der Waals surface area (Å²) >= 11 is 0. The number of carbonyl (C=O) groups is 1. The molecule has 3 heterocycles. The van der Waals surface area contributed by atoms with Gasteiger partial charge in [0.05, 0.1) is 5.56 Å². The molecule has 1 N–H and O–H groups in total. The molecule has 150 valence electrons. The van der Waals surface area contributed by atoms with E-state index in [1.807, 2.05) is 42.5 Å². The third-order valence-electron chi connectivity index (χ3n) is 6.64. The van der Waals surface area contributed by atoms with Gasteiger partial charge in [0.15, 0.2) is 5.58 Å². The molecule has 5 heteroatoms. The fourth-order valence-corrected chi connectivity index (χ4v) is 4.95. The maximum Gasteiger partial charge on any atom is 0.253 e. The van der Waals surface area contributed by atoms with E-state index in [2.05, 4.69) is 29.2 Å². The molecule has 1 amide bonds. The molecule has 2 aliphatic rings. The van der Waals surface area contributed by atoms with Crippen molar-refractivity contribution in [3.05, 3.63) is 53.6 Å². The highest BCUT2D eigenvalue weighted by Crippen LogP contribution is 2.33. The summed E-state index contributed by atoms with van der Waals surface area (Å²) in [5.74, 6) is 0.501. The molecule has 2 aromatic carbocycles. The number of nitrogens with one attached hydrogen (secondary N) is 1. The molecule has 2 bridgehead atoms. The van der Waals surface area contributed by atoms with E-state index in [0.29, 0.717) is 34.6 Å². The molecule has 2 fully saturated rings. The smallest absolute Gasteiger partial charge is 0.253 e. The first-order valence-corrected chi connectivity index (χ1v) is 10.6. The lowest BCUT2D eigenvalue weighted by Crippen LogP contribution is -2.55. The van der Waals surface area contributed by atoms with Gasteiger partial charge in [-0.3, -0.25) is 4.79 Å². The summed E-state index contributed by atoms with van der Waals surface area (Å²) in [7, 11) is 2.23. The molecule has 5 rings (SSSR count). The Labute approximate surface area is 171 Å². The van der Waals surface area contributed by atoms with E-state index in [-0.39, 0.29) is 11.9 Å². The lowest BCUT2D eigenvalue weighted by Gasteiger charge is -2.47. The SMILES string of the molecule is Cc1ccc(-c2nc3c(C(=O)NC4CC5CCCC(C4)N5C)cccc3o2)cc1. The fourth-order valence-electron chi connectivity index (χ4n) is 4.95. The molecule has 2 atom stereocenters. The number of hydrogen-bond acceptors (Lipinski definition) is 4. The van der Waals surface area contributed by atoms with Gasteiger partial charge in [0, 0.05) is 23.7 Å². The van der Waals surface area contributed by atoms with E-state index in [4.69, 9.17) is 4.42 Å². The summed E-state index contributed by atoms with van der Waals surface area (Å²) in [5, 5.41) is 3.29. The Morgan fingerprint density at radius 2 is 1.83 bits per heavy atom. The van der Waals surface area contributed by atoms with Crippen LogP contribution in [0.25, 0.3) is 22.6 Å². The van der Waals surface area contributed by atoms with Gasteiger partial charge in [-0.2, -0.15) is 0 Å². The zero-order valence-electron chi connectivity index (χ0n) is 17.0. The first-order chi connectivity index (χ1) is 14.1. The summed E-state index contributed by atoms with van der Waals surface area (Å²) in [6.45, 7) is 2.05. The van der Waals surface area contributed by atoms with E-state index < -0.39 is 0 Å². The van der Waals surface area contributed by atoms with E-state index >= 15 is 0 Å². The van der Waals surface area contributed by atoms with Crippen LogP contribution in [0.2, 0.25) is 0 Å². The quantitative estimate of drug-likeness (QED) is 0.714. The van der Waals surface area contributed by atoms with Crippen LogP contribution in [0.4, 0.5) is 0 Å². The highest BCUT2D eigenvalue weighted by Gasteiger charge is 2.36. The molecule has 1 aromatic heterocycles. The molecule has 2 unspecified atom stereocenters. The van der Waals surface area contributed by atoms with Gasteiger partial charge in [-0.15, -0.1) is 0 Å². The van der Waals surface area contributed by atoms with Crippen LogP contribution in [0, 0.1) is 6.92 Å². The monoisotopic (exact) mass is 389 g/mol. The number of oxazole rings is 1. The first-order valence-electron chi connectivity index (χ1n) is 10.6. The molecule has 0 aliphatic carbocycles. The van der Waals surface area contributed by atoms with Crippen LogP contribution in [0.3, 0.4) is 0 Å². The van der Waals surface area contributed by atoms with Crippen LogP contribution in [0.1, 0.15) is 48.0 Å². The van der Waals surface area contributed by atoms with Crippen molar-refractivity contribution in [1.82, 2.24) is 15.2 Å². The van der Waals surface area contributed by atoms with Crippen molar-refractivity contribution in [3.8, 4) is 11.5 Å². The Hall–Kier alpha value is -2.66. The van der Waals surface area contributed by atoms with Crippen molar-refractivity contribution < 1.29 is 9.21 Å². The van der Waals surface area contributed by atoms with E-state index in [1.165, 1.54) is 24.8 Å². The van der Waals surface area contributed by atoms with Crippen molar-refractivity contribution >= 4 is 17.0 Å². The maximum absolute atomic E-state index is 13.1. The molecule has 0 saturated carbocycles. The normalized spacial score (nSPS) is 24.6. The van der Waals surface area contributed by atoms with E-state index in [0.717, 1.165) is 18.4 Å². The van der Waals surface area contributed by atoms with Crippen molar-refractivity contribution in [2.24, 2.45) is 0 Å². The van der Waals surface area contributed by atoms with Gasteiger partial charge in [-0.05, 0) is 63.9 Å². The summed E-state index contributed by atoms with van der Waals surface area (Å²) < 4.78 is 5.95. The van der Waals surface area contributed by atoms with Gasteiger partial charge in [-0.25, -0.2) is 4.98 Å². The zero-order chi connectivity index (χ0) is 20.0. The topological polar surface area (TPSA) is 58.4 Å². The zero-order valence-corrected chi connectivity index (χ0v) is 17.0. The summed E-state index contributed by atoms with van der Waals surface area (Å²) in [5.41, 5.74) is 3.98. The van der Waals surface area contributed by atoms with Gasteiger partial charge in [0.1, 0.15) is 5.52 Å². The molecule has 2 saturated heterocycles. The largest absolute Gasteiger partial charge is 0.436 e.